The topological polar surface area (TPSA) is 48.3 Å². The molecule has 1 aliphatic rings. The number of benzene rings is 2. The summed E-state index contributed by atoms with van der Waals surface area (Å²) in [6, 6.07) is 15.9. The van der Waals surface area contributed by atoms with Crippen LogP contribution < -0.4 is 10.1 Å². The van der Waals surface area contributed by atoms with Gasteiger partial charge in [-0.05, 0) is 61.8 Å². The van der Waals surface area contributed by atoms with Crippen molar-refractivity contribution in [3.8, 4) is 11.8 Å². The average Bonchev–Trinajstić information content (AvgIpc) is 2.74. The predicted molar refractivity (Wildman–Crippen MR) is 119 cm³/mol. The maximum absolute atomic E-state index is 8.96. The highest BCUT2D eigenvalue weighted by molar-refractivity contribution is 6.42. The highest BCUT2D eigenvalue weighted by atomic mass is 35.5. The number of nitriles is 1. The molecule has 2 aromatic rings. The van der Waals surface area contributed by atoms with Gasteiger partial charge in [-0.3, -0.25) is 4.90 Å². The summed E-state index contributed by atoms with van der Waals surface area (Å²) < 4.78 is 5.83. The van der Waals surface area contributed by atoms with E-state index in [9.17, 15) is 0 Å². The van der Waals surface area contributed by atoms with Crippen LogP contribution in [0.5, 0.6) is 5.75 Å². The molecule has 1 atom stereocenters. The zero-order chi connectivity index (χ0) is 20.6. The fourth-order valence-electron chi connectivity index (χ4n) is 3.51. The summed E-state index contributed by atoms with van der Waals surface area (Å²) in [5, 5.41) is 13.9. The molecule has 0 aromatic heterocycles. The highest BCUT2D eigenvalue weighted by Gasteiger charge is 2.19. The van der Waals surface area contributed by atoms with E-state index >= 15 is 0 Å². The molecule has 0 saturated carbocycles. The zero-order valence-corrected chi connectivity index (χ0v) is 18.2. The second kappa shape index (κ2) is 10.8. The molecule has 1 fully saturated rings. The monoisotopic (exact) mass is 431 g/mol. The van der Waals surface area contributed by atoms with Crippen LogP contribution in [0.3, 0.4) is 0 Å². The minimum absolute atomic E-state index is 0.398. The summed E-state index contributed by atoms with van der Waals surface area (Å²) in [6.45, 7) is 6.80. The predicted octanol–water partition coefficient (Wildman–Crippen LogP) is 5.13. The third-order valence-electron chi connectivity index (χ3n) is 5.23. The van der Waals surface area contributed by atoms with Crippen LogP contribution in [0.4, 0.5) is 0 Å². The van der Waals surface area contributed by atoms with E-state index in [2.05, 4.69) is 23.2 Å². The number of hydrogen-bond donors (Lipinski definition) is 1. The number of rotatable bonds is 8. The van der Waals surface area contributed by atoms with Crippen LogP contribution in [0.25, 0.3) is 0 Å². The number of nitrogens with zero attached hydrogens (tertiary/aromatic N) is 2. The number of halogens is 2. The van der Waals surface area contributed by atoms with Crippen LogP contribution in [0, 0.1) is 17.2 Å². The van der Waals surface area contributed by atoms with E-state index in [0.29, 0.717) is 34.2 Å². The largest absolute Gasteiger partial charge is 0.493 e. The van der Waals surface area contributed by atoms with Crippen molar-refractivity contribution in [1.29, 1.82) is 5.26 Å². The molecule has 1 saturated heterocycles. The Morgan fingerprint density at radius 1 is 1.17 bits per heavy atom. The van der Waals surface area contributed by atoms with Gasteiger partial charge in [-0.1, -0.05) is 42.3 Å². The molecule has 3 rings (SSSR count). The van der Waals surface area contributed by atoms with Crippen LogP contribution in [-0.4, -0.2) is 37.2 Å². The number of nitrogens with one attached hydrogen (secondary N) is 1. The Balaban J connectivity index is 1.35. The summed E-state index contributed by atoms with van der Waals surface area (Å²) in [7, 11) is 0. The summed E-state index contributed by atoms with van der Waals surface area (Å²) in [4.78, 5) is 2.46. The van der Waals surface area contributed by atoms with Crippen molar-refractivity contribution in [3.63, 3.8) is 0 Å². The van der Waals surface area contributed by atoms with Crippen molar-refractivity contribution < 1.29 is 4.74 Å². The Hall–Kier alpha value is -1.77. The fraction of sp³-hybridized carbons (Fsp3) is 0.435. The second-order valence-electron chi connectivity index (χ2n) is 7.76. The normalized spacial score (nSPS) is 16.3. The van der Waals surface area contributed by atoms with Crippen LogP contribution >= 0.6 is 23.2 Å². The molecule has 0 amide bonds. The molecule has 2 aromatic carbocycles. The van der Waals surface area contributed by atoms with E-state index in [1.165, 1.54) is 5.56 Å². The molecule has 4 nitrogen and oxygen atoms in total. The van der Waals surface area contributed by atoms with Crippen LogP contribution in [-0.2, 0) is 6.54 Å². The van der Waals surface area contributed by atoms with E-state index in [1.807, 2.05) is 30.3 Å². The zero-order valence-electron chi connectivity index (χ0n) is 16.7. The van der Waals surface area contributed by atoms with Gasteiger partial charge in [-0.15, -0.1) is 0 Å². The lowest BCUT2D eigenvalue weighted by atomic mass is 10.0. The minimum Gasteiger partial charge on any atom is -0.493 e. The van der Waals surface area contributed by atoms with Crippen LogP contribution in [0.1, 0.15) is 30.9 Å². The highest BCUT2D eigenvalue weighted by Crippen LogP contribution is 2.24. The van der Waals surface area contributed by atoms with Gasteiger partial charge in [0.15, 0.2) is 0 Å². The maximum atomic E-state index is 8.96. The number of ether oxygens (including phenoxy) is 1. The van der Waals surface area contributed by atoms with E-state index in [0.717, 1.165) is 44.8 Å². The molecule has 0 aliphatic carbocycles. The molecular formula is C23H27Cl2N3O. The molecule has 29 heavy (non-hydrogen) atoms. The van der Waals surface area contributed by atoms with E-state index in [-0.39, 0.29) is 0 Å². The Labute approximate surface area is 183 Å². The molecule has 0 spiro atoms. The average molecular weight is 432 g/mol. The number of piperidine rings is 1. The molecule has 1 heterocycles. The van der Waals surface area contributed by atoms with Gasteiger partial charge in [0.25, 0.3) is 0 Å². The van der Waals surface area contributed by atoms with Crippen LogP contribution in [0.2, 0.25) is 10.0 Å². The lowest BCUT2D eigenvalue weighted by Crippen LogP contribution is -2.43. The molecule has 1 N–H and O–H groups in total. The van der Waals surface area contributed by atoms with Crippen molar-refractivity contribution in [2.75, 3.05) is 26.2 Å². The third-order valence-corrected chi connectivity index (χ3v) is 5.97. The summed E-state index contributed by atoms with van der Waals surface area (Å²) >= 11 is 12.1. The van der Waals surface area contributed by atoms with Gasteiger partial charge in [0, 0.05) is 25.0 Å². The number of hydrogen-bond acceptors (Lipinski definition) is 4. The first kappa shape index (κ1) is 21.9. The Kier molecular flexibility index (Phi) is 8.20. The summed E-state index contributed by atoms with van der Waals surface area (Å²) in [6.07, 6.45) is 2.28. The standard InChI is InChI=1S/C23H27Cl2N3O/c1-17(16-29-21-4-2-3-18(11-21)13-26)14-27-20-7-9-28(10-8-20)15-19-5-6-22(24)23(25)12-19/h2-6,11-12,17,20,27H,7-10,14-16H2,1H3/t17-/m0/s1. The maximum Gasteiger partial charge on any atom is 0.120 e. The summed E-state index contributed by atoms with van der Waals surface area (Å²) in [5.74, 6) is 1.15. The van der Waals surface area contributed by atoms with Gasteiger partial charge >= 0.3 is 0 Å². The molecule has 0 unspecified atom stereocenters. The molecule has 154 valence electrons. The fourth-order valence-corrected chi connectivity index (χ4v) is 3.83. The lowest BCUT2D eigenvalue weighted by molar-refractivity contribution is 0.182. The third kappa shape index (κ3) is 6.90. The Morgan fingerprint density at radius 2 is 1.97 bits per heavy atom. The van der Waals surface area contributed by atoms with Gasteiger partial charge in [-0.2, -0.15) is 5.26 Å². The van der Waals surface area contributed by atoms with Crippen molar-refractivity contribution in [2.45, 2.75) is 32.4 Å². The van der Waals surface area contributed by atoms with E-state index in [4.69, 9.17) is 33.2 Å². The van der Waals surface area contributed by atoms with Crippen molar-refractivity contribution in [2.24, 2.45) is 5.92 Å². The van der Waals surface area contributed by atoms with Gasteiger partial charge in [-0.25, -0.2) is 0 Å². The molecular weight excluding hydrogens is 405 g/mol. The molecule has 6 heteroatoms. The van der Waals surface area contributed by atoms with Crippen molar-refractivity contribution in [3.05, 3.63) is 63.6 Å². The molecule has 0 bridgehead atoms. The van der Waals surface area contributed by atoms with Gasteiger partial charge < -0.3 is 10.1 Å². The quantitative estimate of drug-likeness (QED) is 0.628. The van der Waals surface area contributed by atoms with Crippen molar-refractivity contribution >= 4 is 23.2 Å². The first-order chi connectivity index (χ1) is 14.0. The first-order valence-electron chi connectivity index (χ1n) is 10.1. The second-order valence-corrected chi connectivity index (χ2v) is 8.58. The SMILES string of the molecule is C[C@@H](CNC1CCN(Cc2ccc(Cl)c(Cl)c2)CC1)COc1cccc(C#N)c1. The Bertz CT molecular complexity index is 844. The van der Waals surface area contributed by atoms with Gasteiger partial charge in [0.2, 0.25) is 0 Å². The molecule has 0 radical (unpaired) electrons. The smallest absolute Gasteiger partial charge is 0.120 e. The number of likely N-dealkylation sites (tertiary alicyclic amines) is 1. The summed E-state index contributed by atoms with van der Waals surface area (Å²) in [5.41, 5.74) is 1.83. The Morgan fingerprint density at radius 3 is 2.69 bits per heavy atom. The van der Waals surface area contributed by atoms with E-state index < -0.39 is 0 Å². The first-order valence-corrected chi connectivity index (χ1v) is 10.8. The van der Waals surface area contributed by atoms with Crippen molar-refractivity contribution in [1.82, 2.24) is 10.2 Å². The minimum atomic E-state index is 0.398. The molecule has 1 aliphatic heterocycles. The lowest BCUT2D eigenvalue weighted by Gasteiger charge is -2.33. The van der Waals surface area contributed by atoms with Gasteiger partial charge in [0.1, 0.15) is 5.75 Å². The van der Waals surface area contributed by atoms with E-state index in [1.54, 1.807) is 12.1 Å². The van der Waals surface area contributed by atoms with Gasteiger partial charge in [0.05, 0.1) is 28.3 Å². The van der Waals surface area contributed by atoms with Crippen LogP contribution in [0.15, 0.2) is 42.5 Å².